The molecule has 0 saturated carbocycles. The van der Waals surface area contributed by atoms with E-state index in [4.69, 9.17) is 4.74 Å². The van der Waals surface area contributed by atoms with Crippen LogP contribution in [0.2, 0.25) is 0 Å². The number of phenols is 1. The van der Waals surface area contributed by atoms with Gasteiger partial charge >= 0.3 is 0 Å². The normalized spacial score (nSPS) is 20.1. The number of hydrogen-bond donors (Lipinski definition) is 2. The van der Waals surface area contributed by atoms with Crippen molar-refractivity contribution in [3.8, 4) is 11.5 Å². The molecule has 2 amide bonds. The van der Waals surface area contributed by atoms with E-state index in [0.717, 1.165) is 48.1 Å². The number of phenolic OH excluding ortho intramolecular Hbond substituents is 1. The molecular weight excluding hydrogens is 382 g/mol. The summed E-state index contributed by atoms with van der Waals surface area (Å²) in [4.78, 5) is 30.2. The highest BCUT2D eigenvalue weighted by Gasteiger charge is 2.45. The van der Waals surface area contributed by atoms with Crippen molar-refractivity contribution < 1.29 is 24.3 Å². The van der Waals surface area contributed by atoms with Crippen molar-refractivity contribution in [3.63, 3.8) is 0 Å². The van der Waals surface area contributed by atoms with Crippen LogP contribution < -0.4 is 14.5 Å². The summed E-state index contributed by atoms with van der Waals surface area (Å²) in [6.45, 7) is 3.44. The number of nitrogens with zero attached hydrogens (tertiary/aromatic N) is 2. The van der Waals surface area contributed by atoms with Gasteiger partial charge in [-0.2, -0.15) is 0 Å². The van der Waals surface area contributed by atoms with Crippen LogP contribution in [0.4, 0.5) is 5.69 Å². The first-order valence-electron chi connectivity index (χ1n) is 10.4. The van der Waals surface area contributed by atoms with E-state index >= 15 is 0 Å². The molecular formula is C23H28N3O4+. The number of rotatable bonds is 6. The van der Waals surface area contributed by atoms with Crippen molar-refractivity contribution in [3.05, 3.63) is 54.1 Å². The fourth-order valence-corrected chi connectivity index (χ4v) is 4.38. The number of aromatic hydroxyl groups is 1. The third kappa shape index (κ3) is 4.11. The zero-order valence-electron chi connectivity index (χ0n) is 17.2. The Kier molecular flexibility index (Phi) is 5.90. The fraction of sp³-hybridized carbons (Fsp3) is 0.391. The summed E-state index contributed by atoms with van der Waals surface area (Å²) in [5, 5.41) is 10.1. The van der Waals surface area contributed by atoms with Crippen molar-refractivity contribution >= 4 is 17.5 Å². The van der Waals surface area contributed by atoms with Gasteiger partial charge in [0.1, 0.15) is 11.5 Å². The number of likely N-dealkylation sites (tertiary alicyclic amines) is 1. The Balaban J connectivity index is 1.33. The molecule has 7 nitrogen and oxygen atoms in total. The molecule has 4 rings (SSSR count). The molecule has 2 aromatic carbocycles. The van der Waals surface area contributed by atoms with Crippen molar-refractivity contribution in [2.24, 2.45) is 0 Å². The van der Waals surface area contributed by atoms with Crippen LogP contribution >= 0.6 is 0 Å². The Bertz CT molecular complexity index is 907. The summed E-state index contributed by atoms with van der Waals surface area (Å²) >= 11 is 0. The summed E-state index contributed by atoms with van der Waals surface area (Å²) in [5.74, 6) is 0.935. The minimum absolute atomic E-state index is 0.0560. The predicted octanol–water partition coefficient (Wildman–Crippen LogP) is 0.476. The minimum atomic E-state index is -0.292. The standard InChI is InChI=1S/C23H27N3O4/c1-30-18-8-6-17(7-9-18)10-11-26-22(28)16-20(23(26)29)25-14-12-24(13-15-25)19-4-2-3-5-21(19)27/h2-9,20,27H,10-16H2,1H3/p+1/t20-/m1/s1. The number of imide groups is 1. The lowest BCUT2D eigenvalue weighted by atomic mass is 10.1. The molecule has 2 aromatic rings. The number of quaternary nitrogens is 1. The summed E-state index contributed by atoms with van der Waals surface area (Å²) in [5.41, 5.74) is 1.90. The van der Waals surface area contributed by atoms with Crippen LogP contribution in [0.1, 0.15) is 12.0 Å². The maximum atomic E-state index is 13.0. The van der Waals surface area contributed by atoms with Gasteiger partial charge in [0.25, 0.3) is 5.91 Å². The second-order valence-corrected chi connectivity index (χ2v) is 7.87. The van der Waals surface area contributed by atoms with E-state index in [1.165, 1.54) is 4.90 Å². The molecule has 2 heterocycles. The molecule has 0 aliphatic carbocycles. The average molecular weight is 410 g/mol. The molecule has 2 aliphatic heterocycles. The number of para-hydroxylation sites is 2. The number of ether oxygens (including phenoxy) is 1. The van der Waals surface area contributed by atoms with Gasteiger partial charge in [-0.15, -0.1) is 0 Å². The third-order valence-corrected chi connectivity index (χ3v) is 6.15. The SMILES string of the molecule is COc1ccc(CCN2C(=O)C[C@@H]([NH+]3CCN(c4ccccc4O)CC3)C2=O)cc1. The van der Waals surface area contributed by atoms with Gasteiger partial charge in [0.05, 0.1) is 45.4 Å². The second kappa shape index (κ2) is 8.75. The average Bonchev–Trinajstić information content (AvgIpc) is 3.06. The number of anilines is 1. The van der Waals surface area contributed by atoms with E-state index < -0.39 is 0 Å². The molecule has 0 aromatic heterocycles. The summed E-state index contributed by atoms with van der Waals surface area (Å²) < 4.78 is 5.17. The lowest BCUT2D eigenvalue weighted by molar-refractivity contribution is -0.915. The Hall–Kier alpha value is -3.06. The van der Waals surface area contributed by atoms with E-state index in [1.54, 1.807) is 13.2 Å². The molecule has 0 bridgehead atoms. The molecule has 2 N–H and O–H groups in total. The van der Waals surface area contributed by atoms with Crippen LogP contribution in [-0.4, -0.2) is 67.7 Å². The number of nitrogens with one attached hydrogen (secondary N) is 1. The van der Waals surface area contributed by atoms with Crippen molar-refractivity contribution in [1.29, 1.82) is 0 Å². The molecule has 0 unspecified atom stereocenters. The van der Waals surface area contributed by atoms with Crippen LogP contribution in [0.5, 0.6) is 11.5 Å². The van der Waals surface area contributed by atoms with Crippen LogP contribution in [0.3, 0.4) is 0 Å². The smallest absolute Gasteiger partial charge is 0.288 e. The Morgan fingerprint density at radius 3 is 2.43 bits per heavy atom. The number of piperazine rings is 1. The van der Waals surface area contributed by atoms with Gasteiger partial charge in [-0.1, -0.05) is 24.3 Å². The van der Waals surface area contributed by atoms with E-state index in [-0.39, 0.29) is 30.0 Å². The van der Waals surface area contributed by atoms with Gasteiger partial charge in [0, 0.05) is 6.54 Å². The van der Waals surface area contributed by atoms with Crippen molar-refractivity contribution in [2.45, 2.75) is 18.9 Å². The maximum Gasteiger partial charge on any atom is 0.288 e. The summed E-state index contributed by atoms with van der Waals surface area (Å²) in [7, 11) is 1.63. The van der Waals surface area contributed by atoms with Crippen molar-refractivity contribution in [2.75, 3.05) is 44.7 Å². The number of carbonyl (C=O) groups excluding carboxylic acids is 2. The molecule has 2 fully saturated rings. The van der Waals surface area contributed by atoms with Gasteiger partial charge in [0.15, 0.2) is 6.04 Å². The van der Waals surface area contributed by atoms with E-state index in [9.17, 15) is 14.7 Å². The molecule has 158 valence electrons. The van der Waals surface area contributed by atoms with Crippen LogP contribution in [0.25, 0.3) is 0 Å². The van der Waals surface area contributed by atoms with Crippen LogP contribution in [0.15, 0.2) is 48.5 Å². The van der Waals surface area contributed by atoms with Gasteiger partial charge in [-0.3, -0.25) is 14.5 Å². The predicted molar refractivity (Wildman–Crippen MR) is 113 cm³/mol. The molecule has 30 heavy (non-hydrogen) atoms. The number of benzene rings is 2. The van der Waals surface area contributed by atoms with Gasteiger partial charge in [-0.05, 0) is 36.2 Å². The zero-order valence-corrected chi connectivity index (χ0v) is 17.2. The van der Waals surface area contributed by atoms with Crippen LogP contribution in [-0.2, 0) is 16.0 Å². The van der Waals surface area contributed by atoms with E-state index in [0.29, 0.717) is 13.0 Å². The first-order valence-corrected chi connectivity index (χ1v) is 10.4. The fourth-order valence-electron chi connectivity index (χ4n) is 4.38. The van der Waals surface area contributed by atoms with Gasteiger partial charge in [0.2, 0.25) is 5.91 Å². The monoisotopic (exact) mass is 410 g/mol. The molecule has 0 radical (unpaired) electrons. The molecule has 2 aliphatic rings. The lowest BCUT2D eigenvalue weighted by Crippen LogP contribution is -3.19. The lowest BCUT2D eigenvalue weighted by Gasteiger charge is -2.35. The minimum Gasteiger partial charge on any atom is -0.506 e. The quantitative estimate of drug-likeness (QED) is 0.678. The maximum absolute atomic E-state index is 13.0. The highest BCUT2D eigenvalue weighted by atomic mass is 16.5. The Morgan fingerprint density at radius 1 is 1.07 bits per heavy atom. The third-order valence-electron chi connectivity index (χ3n) is 6.15. The molecule has 0 spiro atoms. The van der Waals surface area contributed by atoms with Crippen molar-refractivity contribution in [1.82, 2.24) is 4.90 Å². The highest BCUT2D eigenvalue weighted by molar-refractivity contribution is 6.04. The van der Waals surface area contributed by atoms with Crippen LogP contribution in [0, 0.1) is 0 Å². The highest BCUT2D eigenvalue weighted by Crippen LogP contribution is 2.26. The van der Waals surface area contributed by atoms with E-state index in [2.05, 4.69) is 4.90 Å². The Morgan fingerprint density at radius 2 is 1.77 bits per heavy atom. The topological polar surface area (TPSA) is 74.5 Å². The molecule has 1 atom stereocenters. The summed E-state index contributed by atoms with van der Waals surface area (Å²) in [6, 6.07) is 14.7. The molecule has 2 saturated heterocycles. The number of hydrogen-bond acceptors (Lipinski definition) is 5. The number of methoxy groups -OCH3 is 1. The first-order chi connectivity index (χ1) is 14.6. The zero-order chi connectivity index (χ0) is 21.1. The second-order valence-electron chi connectivity index (χ2n) is 7.87. The largest absolute Gasteiger partial charge is 0.506 e. The van der Waals surface area contributed by atoms with Gasteiger partial charge < -0.3 is 19.6 Å². The number of carbonyl (C=O) groups is 2. The first kappa shape index (κ1) is 20.2. The number of amides is 2. The van der Waals surface area contributed by atoms with Gasteiger partial charge in [-0.25, -0.2) is 0 Å². The summed E-state index contributed by atoms with van der Waals surface area (Å²) in [6.07, 6.45) is 0.929. The molecule has 7 heteroatoms. The Labute approximate surface area is 176 Å². The van der Waals surface area contributed by atoms with E-state index in [1.807, 2.05) is 42.5 Å².